The number of para-hydroxylation sites is 2. The lowest BCUT2D eigenvalue weighted by molar-refractivity contribution is -0.130. The van der Waals surface area contributed by atoms with E-state index in [-0.39, 0.29) is 19.1 Å². The van der Waals surface area contributed by atoms with E-state index in [1.54, 1.807) is 73.8 Å². The van der Waals surface area contributed by atoms with Gasteiger partial charge in [0.2, 0.25) is 6.10 Å². The van der Waals surface area contributed by atoms with Crippen LogP contribution in [0.4, 0.5) is 5.69 Å². The highest BCUT2D eigenvalue weighted by atomic mass is 16.6. The summed E-state index contributed by atoms with van der Waals surface area (Å²) in [5.74, 6) is 1.67. The van der Waals surface area contributed by atoms with E-state index in [0.717, 1.165) is 5.56 Å². The summed E-state index contributed by atoms with van der Waals surface area (Å²) in [7, 11) is 1.58. The van der Waals surface area contributed by atoms with E-state index in [4.69, 9.17) is 18.9 Å². The molecule has 1 heterocycles. The Hall–Kier alpha value is -4.53. The van der Waals surface area contributed by atoms with Gasteiger partial charge in [-0.05, 0) is 66.2 Å². The summed E-state index contributed by atoms with van der Waals surface area (Å²) in [5, 5.41) is 6.71. The lowest BCUT2D eigenvalue weighted by Gasteiger charge is -2.24. The predicted octanol–water partition coefficient (Wildman–Crippen LogP) is 3.00. The van der Waals surface area contributed by atoms with Crippen LogP contribution in [-0.4, -0.2) is 44.5 Å². The zero-order valence-corrected chi connectivity index (χ0v) is 18.4. The van der Waals surface area contributed by atoms with Crippen LogP contribution < -0.4 is 29.7 Å². The van der Waals surface area contributed by atoms with Crippen LogP contribution in [0.1, 0.15) is 5.56 Å². The molecule has 3 aromatic rings. The SMILES string of the molecule is COc1ccc(NC(=O)COc2ccc(/C=N\NC(=O)[C@@H]3COc4ccccc4O3)cc2)cc1. The summed E-state index contributed by atoms with van der Waals surface area (Å²) in [6.07, 6.45) is 0.710. The molecule has 3 aromatic carbocycles. The largest absolute Gasteiger partial charge is 0.497 e. The van der Waals surface area contributed by atoms with Gasteiger partial charge >= 0.3 is 0 Å². The Bertz CT molecular complexity index is 1160. The van der Waals surface area contributed by atoms with Gasteiger partial charge in [0.05, 0.1) is 13.3 Å². The van der Waals surface area contributed by atoms with Crippen LogP contribution in [0.2, 0.25) is 0 Å². The number of methoxy groups -OCH3 is 1. The number of ether oxygens (including phenoxy) is 4. The number of carbonyl (C=O) groups excluding carboxylic acids is 2. The number of carbonyl (C=O) groups is 2. The number of fused-ring (bicyclic) bond motifs is 1. The Labute approximate surface area is 196 Å². The molecule has 4 rings (SSSR count). The molecular formula is C25H23N3O6. The van der Waals surface area contributed by atoms with E-state index >= 15 is 0 Å². The fourth-order valence-electron chi connectivity index (χ4n) is 3.06. The second kappa shape index (κ2) is 10.9. The minimum atomic E-state index is -0.785. The number of nitrogens with one attached hydrogen (secondary N) is 2. The van der Waals surface area contributed by atoms with E-state index in [0.29, 0.717) is 28.7 Å². The maximum Gasteiger partial charge on any atom is 0.284 e. The number of amides is 2. The second-order valence-electron chi connectivity index (χ2n) is 7.23. The quantitative estimate of drug-likeness (QED) is 0.395. The van der Waals surface area contributed by atoms with E-state index < -0.39 is 12.0 Å². The lowest BCUT2D eigenvalue weighted by Crippen LogP contribution is -2.42. The van der Waals surface area contributed by atoms with Gasteiger partial charge in [-0.25, -0.2) is 5.43 Å². The minimum Gasteiger partial charge on any atom is -0.497 e. The van der Waals surface area contributed by atoms with Crippen LogP contribution in [0.15, 0.2) is 77.9 Å². The molecule has 34 heavy (non-hydrogen) atoms. The van der Waals surface area contributed by atoms with Crippen molar-refractivity contribution in [2.45, 2.75) is 6.10 Å². The monoisotopic (exact) mass is 461 g/mol. The number of hydrazone groups is 1. The first-order valence-electron chi connectivity index (χ1n) is 10.5. The molecule has 2 amide bonds. The van der Waals surface area contributed by atoms with Crippen molar-refractivity contribution in [3.63, 3.8) is 0 Å². The number of hydrogen-bond donors (Lipinski definition) is 2. The first kappa shape index (κ1) is 22.7. The number of rotatable bonds is 8. The molecule has 1 aliphatic heterocycles. The minimum absolute atomic E-state index is 0.108. The topological polar surface area (TPSA) is 107 Å². The van der Waals surface area contributed by atoms with Crippen molar-refractivity contribution in [2.75, 3.05) is 25.6 Å². The van der Waals surface area contributed by atoms with Crippen LogP contribution >= 0.6 is 0 Å². The molecule has 0 unspecified atom stereocenters. The highest BCUT2D eigenvalue weighted by molar-refractivity contribution is 5.92. The third-order valence-corrected chi connectivity index (χ3v) is 4.81. The summed E-state index contributed by atoms with van der Waals surface area (Å²) in [5.41, 5.74) is 3.84. The van der Waals surface area contributed by atoms with Crippen molar-refractivity contribution in [2.24, 2.45) is 5.10 Å². The molecule has 1 aliphatic rings. The Morgan fingerprint density at radius 2 is 1.71 bits per heavy atom. The molecule has 0 aliphatic carbocycles. The standard InChI is InChI=1S/C25H23N3O6/c1-31-19-12-8-18(9-13-19)27-24(29)16-32-20-10-6-17(7-11-20)14-26-28-25(30)23-15-33-21-4-2-3-5-22(21)34-23/h2-14,23H,15-16H2,1H3,(H,27,29)(H,28,30)/b26-14-/t23-/m0/s1. The smallest absolute Gasteiger partial charge is 0.284 e. The van der Waals surface area contributed by atoms with Crippen molar-refractivity contribution in [3.8, 4) is 23.0 Å². The molecule has 9 heteroatoms. The third kappa shape index (κ3) is 6.04. The average Bonchev–Trinajstić information content (AvgIpc) is 2.88. The summed E-state index contributed by atoms with van der Waals surface area (Å²) in [6, 6.07) is 21.1. The average molecular weight is 461 g/mol. The van der Waals surface area contributed by atoms with Crippen molar-refractivity contribution < 1.29 is 28.5 Å². The van der Waals surface area contributed by atoms with Gasteiger partial charge in [-0.1, -0.05) is 12.1 Å². The first-order valence-corrected chi connectivity index (χ1v) is 10.5. The maximum absolute atomic E-state index is 12.3. The Morgan fingerprint density at radius 1 is 1.00 bits per heavy atom. The van der Waals surface area contributed by atoms with Gasteiger partial charge in [0.25, 0.3) is 11.8 Å². The summed E-state index contributed by atoms with van der Waals surface area (Å²) in [4.78, 5) is 24.3. The van der Waals surface area contributed by atoms with Gasteiger partial charge in [0, 0.05) is 5.69 Å². The summed E-state index contributed by atoms with van der Waals surface area (Å²) < 4.78 is 21.8. The van der Waals surface area contributed by atoms with Crippen LogP contribution in [0, 0.1) is 0 Å². The van der Waals surface area contributed by atoms with Crippen molar-refractivity contribution in [3.05, 3.63) is 78.4 Å². The van der Waals surface area contributed by atoms with Gasteiger partial charge < -0.3 is 24.3 Å². The fourth-order valence-corrected chi connectivity index (χ4v) is 3.06. The Morgan fingerprint density at radius 3 is 2.44 bits per heavy atom. The zero-order chi connectivity index (χ0) is 23.8. The molecule has 0 aromatic heterocycles. The third-order valence-electron chi connectivity index (χ3n) is 4.81. The second-order valence-corrected chi connectivity index (χ2v) is 7.23. The molecule has 0 bridgehead atoms. The van der Waals surface area contributed by atoms with Gasteiger partial charge in [-0.3, -0.25) is 9.59 Å². The lowest BCUT2D eigenvalue weighted by atomic mass is 10.2. The molecule has 1 atom stereocenters. The molecule has 0 fully saturated rings. The molecule has 0 saturated heterocycles. The van der Waals surface area contributed by atoms with Gasteiger partial charge in [-0.15, -0.1) is 0 Å². The van der Waals surface area contributed by atoms with Crippen molar-refractivity contribution in [1.29, 1.82) is 0 Å². The van der Waals surface area contributed by atoms with E-state index in [2.05, 4.69) is 15.8 Å². The number of hydrogen-bond acceptors (Lipinski definition) is 7. The summed E-state index contributed by atoms with van der Waals surface area (Å²) in [6.45, 7) is -0.0292. The number of anilines is 1. The molecule has 0 saturated carbocycles. The molecule has 0 radical (unpaired) electrons. The van der Waals surface area contributed by atoms with Crippen LogP contribution in [0.5, 0.6) is 23.0 Å². The Balaban J connectivity index is 1.21. The molecule has 2 N–H and O–H groups in total. The molecular weight excluding hydrogens is 438 g/mol. The molecule has 9 nitrogen and oxygen atoms in total. The summed E-state index contributed by atoms with van der Waals surface area (Å²) >= 11 is 0. The zero-order valence-electron chi connectivity index (χ0n) is 18.4. The van der Waals surface area contributed by atoms with Crippen LogP contribution in [0.3, 0.4) is 0 Å². The van der Waals surface area contributed by atoms with Crippen LogP contribution in [0.25, 0.3) is 0 Å². The van der Waals surface area contributed by atoms with Crippen molar-refractivity contribution in [1.82, 2.24) is 5.43 Å². The van der Waals surface area contributed by atoms with E-state index in [1.807, 2.05) is 6.07 Å². The highest BCUT2D eigenvalue weighted by Crippen LogP contribution is 2.30. The fraction of sp³-hybridized carbons (Fsp3) is 0.160. The Kier molecular flexibility index (Phi) is 7.24. The molecule has 0 spiro atoms. The van der Waals surface area contributed by atoms with Crippen LogP contribution in [-0.2, 0) is 9.59 Å². The van der Waals surface area contributed by atoms with Gasteiger partial charge in [0.1, 0.15) is 18.1 Å². The maximum atomic E-state index is 12.3. The van der Waals surface area contributed by atoms with Crippen molar-refractivity contribution >= 4 is 23.7 Å². The van der Waals surface area contributed by atoms with Gasteiger partial charge in [0.15, 0.2) is 18.1 Å². The highest BCUT2D eigenvalue weighted by Gasteiger charge is 2.26. The van der Waals surface area contributed by atoms with E-state index in [9.17, 15) is 9.59 Å². The number of nitrogens with zero attached hydrogens (tertiary/aromatic N) is 1. The first-order chi connectivity index (χ1) is 16.6. The van der Waals surface area contributed by atoms with Gasteiger partial charge in [-0.2, -0.15) is 5.10 Å². The number of benzene rings is 3. The van der Waals surface area contributed by atoms with E-state index in [1.165, 1.54) is 6.21 Å². The normalized spacial score (nSPS) is 14.3. The predicted molar refractivity (Wildman–Crippen MR) is 126 cm³/mol. The molecule has 174 valence electrons.